The Morgan fingerprint density at radius 1 is 1.09 bits per heavy atom. The number of thioether (sulfide) groups is 1. The van der Waals surface area contributed by atoms with Crippen molar-refractivity contribution in [3.8, 4) is 0 Å². The van der Waals surface area contributed by atoms with E-state index in [4.69, 9.17) is 28.2 Å². The van der Waals surface area contributed by atoms with Crippen LogP contribution >= 0.6 is 35.0 Å². The van der Waals surface area contributed by atoms with Crippen LogP contribution in [0, 0.1) is 5.92 Å². The van der Waals surface area contributed by atoms with Crippen molar-refractivity contribution in [3.05, 3.63) is 80.3 Å². The van der Waals surface area contributed by atoms with E-state index in [0.717, 1.165) is 22.0 Å². The Hall–Kier alpha value is -1.99. The third-order valence-electron chi connectivity index (χ3n) is 6.59. The van der Waals surface area contributed by atoms with Gasteiger partial charge in [0, 0.05) is 28.3 Å². The van der Waals surface area contributed by atoms with E-state index in [1.807, 2.05) is 62.4 Å². The fraction of sp³-hybridized carbons (Fsp3) is 0.407. The van der Waals surface area contributed by atoms with Crippen LogP contribution in [0.5, 0.6) is 0 Å². The van der Waals surface area contributed by atoms with Crippen molar-refractivity contribution in [3.63, 3.8) is 0 Å². The number of hydrogen-bond donors (Lipinski definition) is 1. The summed E-state index contributed by atoms with van der Waals surface area (Å²) in [4.78, 5) is 23.6. The molecule has 8 heteroatoms. The third kappa shape index (κ3) is 4.74. The molecule has 0 saturated heterocycles. The average Bonchev–Trinajstić information content (AvgIpc) is 3.30. The van der Waals surface area contributed by atoms with Crippen LogP contribution in [0.15, 0.2) is 64.1 Å². The van der Waals surface area contributed by atoms with Crippen LogP contribution < -0.4 is 0 Å². The van der Waals surface area contributed by atoms with E-state index in [0.29, 0.717) is 21.5 Å². The second kappa shape index (κ2) is 10.2. The summed E-state index contributed by atoms with van der Waals surface area (Å²) >= 11 is 13.9. The van der Waals surface area contributed by atoms with Crippen LogP contribution in [0.2, 0.25) is 10.0 Å². The molecule has 2 aliphatic heterocycles. The molecule has 4 rings (SSSR count). The molecule has 0 bridgehead atoms. The third-order valence-corrected chi connectivity index (χ3v) is 8.15. The van der Waals surface area contributed by atoms with E-state index in [1.54, 1.807) is 4.90 Å². The molecule has 1 N–H and O–H groups in total. The van der Waals surface area contributed by atoms with E-state index >= 15 is 0 Å². The lowest BCUT2D eigenvalue weighted by molar-refractivity contribution is -0.128. The van der Waals surface area contributed by atoms with Crippen LogP contribution in [0.25, 0.3) is 0 Å². The standard InChI is InChI=1S/C27H31Cl2N3O2S/c1-16(2)22-23(25(34)31(14-15-33)17(3)4)35-26-30-27(5,19-8-12-21(29)13-9-19)24(32(22)26)18-6-10-20(28)11-7-18/h6-13,16-17,24,33H,14-15H2,1-5H3/t24-,27+/m1/s1. The highest BCUT2D eigenvalue weighted by molar-refractivity contribution is 8.18. The molecule has 186 valence electrons. The van der Waals surface area contributed by atoms with Crippen LogP contribution in [0.3, 0.4) is 0 Å². The molecule has 0 unspecified atom stereocenters. The maximum atomic E-state index is 13.7. The second-order valence-electron chi connectivity index (χ2n) is 9.66. The molecule has 35 heavy (non-hydrogen) atoms. The minimum absolute atomic E-state index is 0.0278. The van der Waals surface area contributed by atoms with E-state index in [9.17, 15) is 9.90 Å². The number of benzene rings is 2. The summed E-state index contributed by atoms with van der Waals surface area (Å²) in [5, 5.41) is 11.7. The van der Waals surface area contributed by atoms with Crippen molar-refractivity contribution in [2.75, 3.05) is 13.2 Å². The van der Waals surface area contributed by atoms with Gasteiger partial charge in [-0.15, -0.1) is 0 Å². The quantitative estimate of drug-likeness (QED) is 0.445. The predicted octanol–water partition coefficient (Wildman–Crippen LogP) is 6.47. The van der Waals surface area contributed by atoms with E-state index in [1.165, 1.54) is 11.8 Å². The molecule has 2 atom stereocenters. The number of allylic oxidation sites excluding steroid dienone is 1. The number of aliphatic hydroxyl groups is 1. The molecule has 0 saturated carbocycles. The number of aliphatic hydroxyl groups excluding tert-OH is 1. The number of amides is 1. The van der Waals surface area contributed by atoms with Gasteiger partial charge in [0.1, 0.15) is 10.4 Å². The molecule has 0 aliphatic carbocycles. The van der Waals surface area contributed by atoms with Gasteiger partial charge in [-0.1, -0.05) is 61.3 Å². The molecular weight excluding hydrogens is 501 g/mol. The number of aliphatic imine (C=N–C) groups is 1. The molecule has 2 heterocycles. The topological polar surface area (TPSA) is 56.1 Å². The molecule has 2 aromatic carbocycles. The summed E-state index contributed by atoms with van der Waals surface area (Å²) in [7, 11) is 0. The largest absolute Gasteiger partial charge is 0.395 e. The fourth-order valence-corrected chi connectivity index (χ4v) is 6.51. The zero-order valence-corrected chi connectivity index (χ0v) is 23.0. The number of nitrogens with zero attached hydrogens (tertiary/aromatic N) is 3. The lowest BCUT2D eigenvalue weighted by Gasteiger charge is -2.37. The van der Waals surface area contributed by atoms with Gasteiger partial charge in [-0.2, -0.15) is 0 Å². The first-order valence-electron chi connectivity index (χ1n) is 11.8. The lowest BCUT2D eigenvalue weighted by Crippen LogP contribution is -2.40. The predicted molar refractivity (Wildman–Crippen MR) is 146 cm³/mol. The van der Waals surface area contributed by atoms with Gasteiger partial charge in [0.25, 0.3) is 5.91 Å². The van der Waals surface area contributed by atoms with Gasteiger partial charge < -0.3 is 14.9 Å². The zero-order chi connectivity index (χ0) is 25.5. The second-order valence-corrected chi connectivity index (χ2v) is 11.5. The Bertz CT molecular complexity index is 1160. The SMILES string of the molecule is CC(C)C1=C(C(=O)N(CCO)C(C)C)SC2=N[C@@](C)(c3ccc(Cl)cc3)[C@@H](c3ccc(Cl)cc3)N21. The zero-order valence-electron chi connectivity index (χ0n) is 20.6. The highest BCUT2D eigenvalue weighted by Gasteiger charge is 2.53. The Morgan fingerprint density at radius 3 is 2.17 bits per heavy atom. The Balaban J connectivity index is 1.87. The molecule has 0 fully saturated rings. The van der Waals surface area contributed by atoms with Crippen molar-refractivity contribution < 1.29 is 9.90 Å². The van der Waals surface area contributed by atoms with E-state index < -0.39 is 5.54 Å². The molecule has 0 spiro atoms. The van der Waals surface area contributed by atoms with Crippen LogP contribution in [0.1, 0.15) is 51.8 Å². The van der Waals surface area contributed by atoms with E-state index in [-0.39, 0.29) is 30.5 Å². The molecular formula is C27H31Cl2N3O2S. The molecule has 2 aromatic rings. The number of rotatable bonds is 7. The highest BCUT2D eigenvalue weighted by Crippen LogP contribution is 2.56. The molecule has 5 nitrogen and oxygen atoms in total. The lowest BCUT2D eigenvalue weighted by atomic mass is 9.81. The highest BCUT2D eigenvalue weighted by atomic mass is 35.5. The van der Waals surface area contributed by atoms with Gasteiger partial charge in [-0.25, -0.2) is 4.99 Å². The average molecular weight is 533 g/mol. The van der Waals surface area contributed by atoms with Gasteiger partial charge in [-0.05, 0) is 73.8 Å². The summed E-state index contributed by atoms with van der Waals surface area (Å²) in [5.41, 5.74) is 2.47. The molecule has 0 aromatic heterocycles. The first-order chi connectivity index (χ1) is 16.6. The van der Waals surface area contributed by atoms with Crippen LogP contribution in [-0.4, -0.2) is 45.2 Å². The minimum atomic E-state index is -0.599. The van der Waals surface area contributed by atoms with Gasteiger partial charge in [0.15, 0.2) is 5.17 Å². The first-order valence-corrected chi connectivity index (χ1v) is 13.4. The van der Waals surface area contributed by atoms with Gasteiger partial charge in [0.2, 0.25) is 0 Å². The number of amidine groups is 1. The maximum Gasteiger partial charge on any atom is 0.262 e. The normalized spacial score (nSPS) is 21.7. The fourth-order valence-electron chi connectivity index (χ4n) is 4.90. The van der Waals surface area contributed by atoms with Crippen molar-refractivity contribution in [1.29, 1.82) is 0 Å². The van der Waals surface area contributed by atoms with Gasteiger partial charge >= 0.3 is 0 Å². The Morgan fingerprint density at radius 2 is 1.66 bits per heavy atom. The summed E-state index contributed by atoms with van der Waals surface area (Å²) in [6.45, 7) is 10.5. The number of halogens is 2. The monoisotopic (exact) mass is 531 g/mol. The summed E-state index contributed by atoms with van der Waals surface area (Å²) in [6, 6.07) is 15.5. The molecule has 2 aliphatic rings. The van der Waals surface area contributed by atoms with Crippen molar-refractivity contribution in [1.82, 2.24) is 9.80 Å². The summed E-state index contributed by atoms with van der Waals surface area (Å²) in [6.07, 6.45) is 0. The minimum Gasteiger partial charge on any atom is -0.395 e. The maximum absolute atomic E-state index is 13.7. The van der Waals surface area contributed by atoms with Gasteiger partial charge in [0.05, 0.1) is 12.6 Å². The van der Waals surface area contributed by atoms with Crippen molar-refractivity contribution in [2.24, 2.45) is 10.9 Å². The summed E-state index contributed by atoms with van der Waals surface area (Å²) in [5.74, 6) is 0.0163. The van der Waals surface area contributed by atoms with Gasteiger partial charge in [-0.3, -0.25) is 4.79 Å². The van der Waals surface area contributed by atoms with E-state index in [2.05, 4.69) is 25.7 Å². The number of carbonyl (C=O) groups excluding carboxylic acids is 1. The Kier molecular flexibility index (Phi) is 7.58. The number of hydrogen-bond acceptors (Lipinski definition) is 5. The smallest absolute Gasteiger partial charge is 0.262 e. The first kappa shape index (κ1) is 26.1. The molecule has 1 amide bonds. The van der Waals surface area contributed by atoms with Crippen LogP contribution in [-0.2, 0) is 10.3 Å². The van der Waals surface area contributed by atoms with Crippen LogP contribution in [0.4, 0.5) is 0 Å². The van der Waals surface area contributed by atoms with Crippen molar-refractivity contribution >= 4 is 46.0 Å². The number of fused-ring (bicyclic) bond motifs is 1. The molecule has 0 radical (unpaired) electrons. The van der Waals surface area contributed by atoms with Crippen molar-refractivity contribution in [2.45, 2.75) is 52.2 Å². The Labute approximate surface area is 221 Å². The summed E-state index contributed by atoms with van der Waals surface area (Å²) < 4.78 is 0. The number of carbonyl (C=O) groups is 1.